The molecule has 90 valence electrons. The number of benzene rings is 1. The first kappa shape index (κ1) is 12.0. The minimum absolute atomic E-state index is 0.917. The Labute approximate surface area is 104 Å². The van der Waals surface area contributed by atoms with E-state index in [4.69, 9.17) is 0 Å². The molecular weight excluding hydrogens is 208 g/mol. The van der Waals surface area contributed by atoms with Gasteiger partial charge in [0.25, 0.3) is 0 Å². The average molecular weight is 228 g/mol. The molecule has 2 nitrogen and oxygen atoms in total. The summed E-state index contributed by atoms with van der Waals surface area (Å²) in [5, 5.41) is 0. The monoisotopic (exact) mass is 228 g/mol. The summed E-state index contributed by atoms with van der Waals surface area (Å²) in [6, 6.07) is 8.61. The van der Waals surface area contributed by atoms with Crippen LogP contribution in [0.1, 0.15) is 18.9 Å². The first-order valence-electron chi connectivity index (χ1n) is 6.32. The first-order chi connectivity index (χ1) is 8.29. The Kier molecular flexibility index (Phi) is 4.06. The number of hydrogen-bond acceptors (Lipinski definition) is 2. The molecule has 1 heterocycles. The van der Waals surface area contributed by atoms with Crippen LogP contribution in [0.4, 0.5) is 5.69 Å². The second-order valence-electron chi connectivity index (χ2n) is 4.49. The van der Waals surface area contributed by atoms with Crippen LogP contribution in [0.2, 0.25) is 0 Å². The molecule has 1 aromatic rings. The van der Waals surface area contributed by atoms with E-state index in [0.717, 1.165) is 38.2 Å². The van der Waals surface area contributed by atoms with Gasteiger partial charge in [-0.05, 0) is 31.3 Å². The summed E-state index contributed by atoms with van der Waals surface area (Å²) in [7, 11) is 2.18. The third-order valence-electron chi connectivity index (χ3n) is 3.15. The summed E-state index contributed by atoms with van der Waals surface area (Å²) < 4.78 is 0. The lowest BCUT2D eigenvalue weighted by molar-refractivity contribution is 0.313. The van der Waals surface area contributed by atoms with Gasteiger partial charge in [0.1, 0.15) is 0 Å². The van der Waals surface area contributed by atoms with E-state index in [9.17, 15) is 0 Å². The topological polar surface area (TPSA) is 6.48 Å². The highest BCUT2D eigenvalue weighted by molar-refractivity contribution is 5.50. The van der Waals surface area contributed by atoms with Gasteiger partial charge in [-0.15, -0.1) is 0 Å². The maximum Gasteiger partial charge on any atom is 0.0367 e. The Bertz CT molecular complexity index is 403. The molecule has 0 N–H and O–H groups in total. The number of hydrogen-bond donors (Lipinski definition) is 0. The minimum Gasteiger partial charge on any atom is -0.369 e. The molecular formula is C15H20N2. The summed E-state index contributed by atoms with van der Waals surface area (Å²) in [6.45, 7) is 6.62. The zero-order chi connectivity index (χ0) is 12.1. The minimum atomic E-state index is 0.917. The number of piperazine rings is 1. The van der Waals surface area contributed by atoms with Crippen LogP contribution in [-0.4, -0.2) is 38.1 Å². The van der Waals surface area contributed by atoms with Crippen LogP contribution in [0, 0.1) is 11.8 Å². The summed E-state index contributed by atoms with van der Waals surface area (Å²) in [5.74, 6) is 6.25. The lowest BCUT2D eigenvalue weighted by Crippen LogP contribution is -2.44. The number of rotatable bonds is 1. The number of likely N-dealkylation sites (N-methyl/N-ethyl adjacent to an activating group) is 1. The molecule has 0 saturated carbocycles. The van der Waals surface area contributed by atoms with Crippen LogP contribution in [0.15, 0.2) is 24.3 Å². The normalized spacial score (nSPS) is 16.5. The highest BCUT2D eigenvalue weighted by atomic mass is 15.2. The van der Waals surface area contributed by atoms with E-state index in [1.807, 2.05) is 0 Å². The first-order valence-corrected chi connectivity index (χ1v) is 6.32. The van der Waals surface area contributed by atoms with Gasteiger partial charge in [0.05, 0.1) is 0 Å². The molecule has 0 amide bonds. The van der Waals surface area contributed by atoms with Gasteiger partial charge < -0.3 is 9.80 Å². The highest BCUT2D eigenvalue weighted by Gasteiger charge is 2.13. The zero-order valence-corrected chi connectivity index (χ0v) is 10.7. The molecule has 1 fully saturated rings. The van der Waals surface area contributed by atoms with Gasteiger partial charge >= 0.3 is 0 Å². The predicted molar refractivity (Wildman–Crippen MR) is 73.3 cm³/mol. The maximum atomic E-state index is 3.15. The van der Waals surface area contributed by atoms with E-state index in [-0.39, 0.29) is 0 Å². The third-order valence-corrected chi connectivity index (χ3v) is 3.15. The molecule has 17 heavy (non-hydrogen) atoms. The SMILES string of the molecule is CCC#Cc1ccc(N2CCN(C)CC2)cc1. The zero-order valence-electron chi connectivity index (χ0n) is 10.7. The van der Waals surface area contributed by atoms with E-state index in [1.54, 1.807) is 0 Å². The van der Waals surface area contributed by atoms with Crippen molar-refractivity contribution >= 4 is 5.69 Å². The Morgan fingerprint density at radius 2 is 1.71 bits per heavy atom. The third kappa shape index (κ3) is 3.25. The van der Waals surface area contributed by atoms with E-state index >= 15 is 0 Å². The molecule has 1 aromatic carbocycles. The molecule has 2 heteroatoms. The fourth-order valence-electron chi connectivity index (χ4n) is 2.01. The van der Waals surface area contributed by atoms with Gasteiger partial charge in [-0.1, -0.05) is 18.8 Å². The van der Waals surface area contributed by atoms with Gasteiger partial charge in [-0.2, -0.15) is 0 Å². The van der Waals surface area contributed by atoms with E-state index in [1.165, 1.54) is 5.69 Å². The number of anilines is 1. The second-order valence-corrected chi connectivity index (χ2v) is 4.49. The largest absolute Gasteiger partial charge is 0.369 e. The predicted octanol–water partition coefficient (Wildman–Crippen LogP) is 2.20. The van der Waals surface area contributed by atoms with Gasteiger partial charge in [0, 0.05) is 43.9 Å². The lowest BCUT2D eigenvalue weighted by atomic mass is 10.2. The van der Waals surface area contributed by atoms with Gasteiger partial charge in [-0.25, -0.2) is 0 Å². The van der Waals surface area contributed by atoms with Crippen molar-refractivity contribution in [3.63, 3.8) is 0 Å². The molecule has 0 unspecified atom stereocenters. The van der Waals surface area contributed by atoms with E-state index < -0.39 is 0 Å². The van der Waals surface area contributed by atoms with Crippen LogP contribution < -0.4 is 4.90 Å². The summed E-state index contributed by atoms with van der Waals surface area (Å²) >= 11 is 0. The molecule has 2 rings (SSSR count). The van der Waals surface area contributed by atoms with E-state index in [2.05, 4.69) is 59.9 Å². The van der Waals surface area contributed by atoms with Crippen LogP contribution in [0.3, 0.4) is 0 Å². The molecule has 0 radical (unpaired) electrons. The van der Waals surface area contributed by atoms with Crippen molar-refractivity contribution in [2.75, 3.05) is 38.1 Å². The molecule has 0 atom stereocenters. The van der Waals surface area contributed by atoms with Crippen molar-refractivity contribution in [1.29, 1.82) is 0 Å². The standard InChI is InChI=1S/C15H20N2/c1-3-4-5-14-6-8-15(9-7-14)17-12-10-16(2)11-13-17/h6-9H,3,10-13H2,1-2H3. The van der Waals surface area contributed by atoms with Crippen molar-refractivity contribution in [2.45, 2.75) is 13.3 Å². The Hall–Kier alpha value is -1.46. The van der Waals surface area contributed by atoms with Gasteiger partial charge in [0.2, 0.25) is 0 Å². The summed E-state index contributed by atoms with van der Waals surface area (Å²) in [5.41, 5.74) is 2.44. The van der Waals surface area contributed by atoms with Crippen LogP contribution >= 0.6 is 0 Å². The highest BCUT2D eigenvalue weighted by Crippen LogP contribution is 2.16. The van der Waals surface area contributed by atoms with E-state index in [0.29, 0.717) is 0 Å². The van der Waals surface area contributed by atoms with Gasteiger partial charge in [-0.3, -0.25) is 0 Å². The van der Waals surface area contributed by atoms with Crippen molar-refractivity contribution in [3.8, 4) is 11.8 Å². The average Bonchev–Trinajstić information content (AvgIpc) is 2.38. The second kappa shape index (κ2) is 5.75. The Balaban J connectivity index is 2.02. The summed E-state index contributed by atoms with van der Waals surface area (Å²) in [6.07, 6.45) is 0.917. The Morgan fingerprint density at radius 1 is 1.06 bits per heavy atom. The molecule has 0 spiro atoms. The molecule has 1 aliphatic rings. The number of nitrogens with zero attached hydrogens (tertiary/aromatic N) is 2. The van der Waals surface area contributed by atoms with Crippen molar-refractivity contribution in [2.24, 2.45) is 0 Å². The molecule has 0 aliphatic carbocycles. The van der Waals surface area contributed by atoms with Crippen LogP contribution in [0.25, 0.3) is 0 Å². The van der Waals surface area contributed by atoms with Crippen molar-refractivity contribution < 1.29 is 0 Å². The van der Waals surface area contributed by atoms with Crippen LogP contribution in [-0.2, 0) is 0 Å². The molecule has 1 aliphatic heterocycles. The maximum absolute atomic E-state index is 3.15. The Morgan fingerprint density at radius 3 is 2.29 bits per heavy atom. The van der Waals surface area contributed by atoms with Gasteiger partial charge in [0.15, 0.2) is 0 Å². The molecule has 1 saturated heterocycles. The fourth-order valence-corrected chi connectivity index (χ4v) is 2.01. The van der Waals surface area contributed by atoms with Crippen molar-refractivity contribution in [1.82, 2.24) is 4.90 Å². The molecule has 0 aromatic heterocycles. The molecule has 0 bridgehead atoms. The smallest absolute Gasteiger partial charge is 0.0367 e. The van der Waals surface area contributed by atoms with Crippen molar-refractivity contribution in [3.05, 3.63) is 29.8 Å². The fraction of sp³-hybridized carbons (Fsp3) is 0.467. The van der Waals surface area contributed by atoms with Crippen LogP contribution in [0.5, 0.6) is 0 Å². The summed E-state index contributed by atoms with van der Waals surface area (Å²) in [4.78, 5) is 4.81. The lowest BCUT2D eigenvalue weighted by Gasteiger charge is -2.34. The quantitative estimate of drug-likeness (QED) is 0.680.